The molecule has 0 N–H and O–H groups in total. The molecular weight excluding hydrogens is 320 g/mol. The third-order valence-electron chi connectivity index (χ3n) is 3.55. The summed E-state index contributed by atoms with van der Waals surface area (Å²) in [7, 11) is 1.57. The lowest BCUT2D eigenvalue weighted by Crippen LogP contribution is -2.13. The molecule has 0 atom stereocenters. The largest absolute Gasteiger partial charge is 0.519 e. The Morgan fingerprint density at radius 3 is 1.80 bits per heavy atom. The van der Waals surface area contributed by atoms with Crippen LogP contribution in [-0.4, -0.2) is 19.9 Å². The number of benzene rings is 2. The van der Waals surface area contributed by atoms with Crippen LogP contribution in [0.1, 0.15) is 32.6 Å². The molecule has 0 amide bonds. The number of unbranched alkanes of at least 4 members (excludes halogenated alkanes) is 3. The molecule has 0 saturated carbocycles. The van der Waals surface area contributed by atoms with Crippen molar-refractivity contribution in [3.8, 4) is 23.0 Å². The van der Waals surface area contributed by atoms with E-state index in [-0.39, 0.29) is 0 Å². The third-order valence-corrected chi connectivity index (χ3v) is 3.55. The molecule has 0 spiro atoms. The van der Waals surface area contributed by atoms with Gasteiger partial charge in [-0.15, -0.1) is 0 Å². The van der Waals surface area contributed by atoms with Gasteiger partial charge < -0.3 is 18.9 Å². The van der Waals surface area contributed by atoms with Gasteiger partial charge in [-0.1, -0.05) is 26.2 Å². The van der Waals surface area contributed by atoms with Gasteiger partial charge >= 0.3 is 6.16 Å². The Morgan fingerprint density at radius 2 is 1.28 bits per heavy atom. The van der Waals surface area contributed by atoms with Gasteiger partial charge in [0.15, 0.2) is 0 Å². The number of hydrogen-bond donors (Lipinski definition) is 0. The van der Waals surface area contributed by atoms with E-state index < -0.39 is 6.16 Å². The highest BCUT2D eigenvalue weighted by Crippen LogP contribution is 2.20. The molecule has 0 aliphatic heterocycles. The average Bonchev–Trinajstić information content (AvgIpc) is 2.63. The number of ether oxygens (including phenoxy) is 4. The highest BCUT2D eigenvalue weighted by molar-refractivity contribution is 5.67. The summed E-state index contributed by atoms with van der Waals surface area (Å²) in [6, 6.07) is 13.6. The van der Waals surface area contributed by atoms with Crippen LogP contribution in [0.25, 0.3) is 0 Å². The molecule has 0 aliphatic carbocycles. The molecule has 0 bridgehead atoms. The van der Waals surface area contributed by atoms with Crippen molar-refractivity contribution in [2.45, 2.75) is 32.6 Å². The van der Waals surface area contributed by atoms with Crippen molar-refractivity contribution < 1.29 is 23.7 Å². The zero-order valence-corrected chi connectivity index (χ0v) is 14.7. The molecule has 0 saturated heterocycles. The third kappa shape index (κ3) is 6.75. The SMILES string of the molecule is CCCCCCOc1ccc(OC(=O)Oc2ccc(OC)cc2)cc1. The summed E-state index contributed by atoms with van der Waals surface area (Å²) in [5, 5.41) is 0. The lowest BCUT2D eigenvalue weighted by molar-refractivity contribution is 0.151. The van der Waals surface area contributed by atoms with E-state index in [9.17, 15) is 4.79 Å². The van der Waals surface area contributed by atoms with E-state index in [1.54, 1.807) is 55.6 Å². The van der Waals surface area contributed by atoms with Gasteiger partial charge in [-0.25, -0.2) is 4.79 Å². The zero-order valence-electron chi connectivity index (χ0n) is 14.7. The van der Waals surface area contributed by atoms with E-state index in [0.717, 1.165) is 12.2 Å². The second-order valence-electron chi connectivity index (χ2n) is 5.51. The number of carbonyl (C=O) groups excluding carboxylic acids is 1. The molecule has 2 aromatic carbocycles. The number of rotatable bonds is 9. The van der Waals surface area contributed by atoms with Gasteiger partial charge in [0.1, 0.15) is 23.0 Å². The van der Waals surface area contributed by atoms with Gasteiger partial charge in [0.05, 0.1) is 13.7 Å². The van der Waals surface area contributed by atoms with Crippen LogP contribution in [0.3, 0.4) is 0 Å². The number of hydrogen-bond acceptors (Lipinski definition) is 5. The minimum Gasteiger partial charge on any atom is -0.497 e. The molecule has 0 aromatic heterocycles. The predicted molar refractivity (Wildman–Crippen MR) is 95.7 cm³/mol. The summed E-state index contributed by atoms with van der Waals surface area (Å²) in [5.41, 5.74) is 0. The van der Waals surface area contributed by atoms with Crippen molar-refractivity contribution >= 4 is 6.16 Å². The Hall–Kier alpha value is -2.69. The Kier molecular flexibility index (Phi) is 7.63. The summed E-state index contributed by atoms with van der Waals surface area (Å²) >= 11 is 0. The van der Waals surface area contributed by atoms with Crippen LogP contribution in [0.4, 0.5) is 4.79 Å². The molecule has 0 fully saturated rings. The molecule has 2 aromatic rings. The summed E-state index contributed by atoms with van der Waals surface area (Å²) in [5.74, 6) is 2.23. The number of methoxy groups -OCH3 is 1. The monoisotopic (exact) mass is 344 g/mol. The van der Waals surface area contributed by atoms with Gasteiger partial charge in [-0.2, -0.15) is 0 Å². The zero-order chi connectivity index (χ0) is 17.9. The van der Waals surface area contributed by atoms with Gasteiger partial charge in [-0.05, 0) is 55.0 Å². The minimum absolute atomic E-state index is 0.387. The molecule has 0 radical (unpaired) electrons. The highest BCUT2D eigenvalue weighted by Gasteiger charge is 2.08. The second kappa shape index (κ2) is 10.2. The molecule has 25 heavy (non-hydrogen) atoms. The van der Waals surface area contributed by atoms with Gasteiger partial charge in [0, 0.05) is 0 Å². The number of carbonyl (C=O) groups is 1. The smallest absolute Gasteiger partial charge is 0.497 e. The highest BCUT2D eigenvalue weighted by atomic mass is 16.7. The predicted octanol–water partition coefficient (Wildman–Crippen LogP) is 5.23. The Balaban J connectivity index is 1.76. The minimum atomic E-state index is -0.793. The standard InChI is InChI=1S/C20H24O5/c1-3-4-5-6-15-23-17-9-13-19(14-10-17)25-20(21)24-18-11-7-16(22-2)8-12-18/h7-14H,3-6,15H2,1-2H3. The summed E-state index contributed by atoms with van der Waals surface area (Å²) in [6.45, 7) is 2.87. The van der Waals surface area contributed by atoms with E-state index >= 15 is 0 Å². The van der Waals surface area contributed by atoms with Crippen LogP contribution in [0.5, 0.6) is 23.0 Å². The van der Waals surface area contributed by atoms with Gasteiger partial charge in [-0.3, -0.25) is 0 Å². The van der Waals surface area contributed by atoms with Gasteiger partial charge in [0.2, 0.25) is 0 Å². The molecule has 2 rings (SSSR count). The molecule has 0 heterocycles. The van der Waals surface area contributed by atoms with Crippen molar-refractivity contribution in [3.63, 3.8) is 0 Å². The Bertz CT molecular complexity index is 634. The summed E-state index contributed by atoms with van der Waals surface area (Å²) in [6.07, 6.45) is 3.86. The van der Waals surface area contributed by atoms with Crippen molar-refractivity contribution in [2.75, 3.05) is 13.7 Å². The molecule has 134 valence electrons. The van der Waals surface area contributed by atoms with Crippen LogP contribution >= 0.6 is 0 Å². The Labute approximate surface area is 148 Å². The topological polar surface area (TPSA) is 54.0 Å². The van der Waals surface area contributed by atoms with Gasteiger partial charge in [0.25, 0.3) is 0 Å². The maximum atomic E-state index is 11.8. The Morgan fingerprint density at radius 1 is 0.760 bits per heavy atom. The normalized spacial score (nSPS) is 10.2. The fraction of sp³-hybridized carbons (Fsp3) is 0.350. The average molecular weight is 344 g/mol. The van der Waals surface area contributed by atoms with Crippen molar-refractivity contribution in [1.29, 1.82) is 0 Å². The van der Waals surface area contributed by atoms with Crippen molar-refractivity contribution in [3.05, 3.63) is 48.5 Å². The first kappa shape index (κ1) is 18.6. The first-order valence-electron chi connectivity index (χ1n) is 8.48. The molecule has 0 unspecified atom stereocenters. The van der Waals surface area contributed by atoms with Crippen molar-refractivity contribution in [2.24, 2.45) is 0 Å². The molecule has 5 nitrogen and oxygen atoms in total. The van der Waals surface area contributed by atoms with E-state index in [1.165, 1.54) is 19.3 Å². The lowest BCUT2D eigenvalue weighted by Gasteiger charge is -2.08. The fourth-order valence-electron chi connectivity index (χ4n) is 2.18. The van der Waals surface area contributed by atoms with Crippen LogP contribution in [0, 0.1) is 0 Å². The van der Waals surface area contributed by atoms with Crippen molar-refractivity contribution in [1.82, 2.24) is 0 Å². The van der Waals surface area contributed by atoms with E-state index in [2.05, 4.69) is 6.92 Å². The second-order valence-corrected chi connectivity index (χ2v) is 5.51. The summed E-state index contributed by atoms with van der Waals surface area (Å²) < 4.78 is 20.9. The first-order chi connectivity index (χ1) is 12.2. The van der Waals surface area contributed by atoms with E-state index in [4.69, 9.17) is 18.9 Å². The summed E-state index contributed by atoms with van der Waals surface area (Å²) in [4.78, 5) is 11.8. The van der Waals surface area contributed by atoms with E-state index in [1.807, 2.05) is 0 Å². The van der Waals surface area contributed by atoms with Crippen LogP contribution in [0.15, 0.2) is 48.5 Å². The molecule has 0 aliphatic rings. The maximum absolute atomic E-state index is 11.8. The van der Waals surface area contributed by atoms with Crippen LogP contribution < -0.4 is 18.9 Å². The fourth-order valence-corrected chi connectivity index (χ4v) is 2.18. The quantitative estimate of drug-likeness (QED) is 0.354. The maximum Gasteiger partial charge on any atom is 0.519 e. The molecular formula is C20H24O5. The molecule has 5 heteroatoms. The van der Waals surface area contributed by atoms with E-state index in [0.29, 0.717) is 23.9 Å². The van der Waals surface area contributed by atoms with Crippen LogP contribution in [-0.2, 0) is 0 Å². The first-order valence-corrected chi connectivity index (χ1v) is 8.48. The lowest BCUT2D eigenvalue weighted by atomic mass is 10.2. The van der Waals surface area contributed by atoms with Crippen LogP contribution in [0.2, 0.25) is 0 Å².